The second-order valence-electron chi connectivity index (χ2n) is 6.05. The molecule has 0 bridgehead atoms. The van der Waals surface area contributed by atoms with Gasteiger partial charge in [0.25, 0.3) is 0 Å². The number of nitrogens with one attached hydrogen (secondary N) is 1. The van der Waals surface area contributed by atoms with E-state index in [2.05, 4.69) is 44.8 Å². The lowest BCUT2D eigenvalue weighted by Gasteiger charge is -2.37. The summed E-state index contributed by atoms with van der Waals surface area (Å²) in [6, 6.07) is 1.14. The maximum atomic E-state index is 5.29. The van der Waals surface area contributed by atoms with Gasteiger partial charge < -0.3 is 10.1 Å². The van der Waals surface area contributed by atoms with Crippen molar-refractivity contribution in [3.63, 3.8) is 0 Å². The lowest BCUT2D eigenvalue weighted by atomic mass is 9.87. The number of rotatable bonds is 5. The molecule has 1 rings (SSSR count). The molecule has 1 aliphatic heterocycles. The van der Waals surface area contributed by atoms with Crippen molar-refractivity contribution in [3.8, 4) is 0 Å². The van der Waals surface area contributed by atoms with E-state index in [1.165, 1.54) is 17.9 Å². The molecule has 0 aromatic heterocycles. The van der Waals surface area contributed by atoms with Gasteiger partial charge in [0.05, 0.1) is 6.61 Å². The molecule has 16 heavy (non-hydrogen) atoms. The molecule has 2 atom stereocenters. The fourth-order valence-electron chi connectivity index (χ4n) is 2.28. The third-order valence-corrected chi connectivity index (χ3v) is 4.84. The molecule has 2 unspecified atom stereocenters. The Bertz CT molecular complexity index is 206. The van der Waals surface area contributed by atoms with E-state index in [4.69, 9.17) is 4.74 Å². The van der Waals surface area contributed by atoms with Crippen LogP contribution in [0.25, 0.3) is 0 Å². The summed E-state index contributed by atoms with van der Waals surface area (Å²) in [6.07, 6.45) is 1.28. The van der Waals surface area contributed by atoms with Crippen molar-refractivity contribution in [2.45, 2.75) is 46.2 Å². The average molecular weight is 245 g/mol. The normalized spacial score (nSPS) is 27.0. The van der Waals surface area contributed by atoms with Crippen LogP contribution in [0.5, 0.6) is 0 Å². The van der Waals surface area contributed by atoms with Gasteiger partial charge in [-0.1, -0.05) is 27.7 Å². The second kappa shape index (κ2) is 6.27. The molecule has 1 heterocycles. The zero-order valence-corrected chi connectivity index (χ0v) is 12.2. The van der Waals surface area contributed by atoms with Gasteiger partial charge in [-0.2, -0.15) is 11.8 Å². The largest absolute Gasteiger partial charge is 0.383 e. The smallest absolute Gasteiger partial charge is 0.0618 e. The van der Waals surface area contributed by atoms with E-state index < -0.39 is 0 Å². The number of hydrogen-bond acceptors (Lipinski definition) is 3. The molecule has 1 fully saturated rings. The van der Waals surface area contributed by atoms with Crippen LogP contribution in [0.15, 0.2) is 0 Å². The van der Waals surface area contributed by atoms with Gasteiger partial charge in [0, 0.05) is 24.9 Å². The van der Waals surface area contributed by atoms with Crippen LogP contribution in [0, 0.1) is 11.3 Å². The Labute approximate surface area is 105 Å². The zero-order chi connectivity index (χ0) is 12.2. The van der Waals surface area contributed by atoms with Crippen molar-refractivity contribution < 1.29 is 4.74 Å². The lowest BCUT2D eigenvalue weighted by molar-refractivity contribution is 0.136. The topological polar surface area (TPSA) is 21.3 Å². The lowest BCUT2D eigenvalue weighted by Crippen LogP contribution is -2.48. The highest BCUT2D eigenvalue weighted by Gasteiger charge is 2.30. The van der Waals surface area contributed by atoms with Crippen LogP contribution < -0.4 is 5.32 Å². The minimum atomic E-state index is 0.481. The van der Waals surface area contributed by atoms with E-state index in [1.54, 1.807) is 7.11 Å². The molecule has 0 radical (unpaired) electrons. The molecule has 0 aromatic rings. The molecule has 2 nitrogen and oxygen atoms in total. The van der Waals surface area contributed by atoms with Crippen LogP contribution in [-0.2, 0) is 4.74 Å². The number of ether oxygens (including phenoxy) is 1. The SMILES string of the molecule is COCC(NC1CSCC(C)(C)C1)C(C)C. The molecule has 1 aliphatic rings. The molecule has 3 heteroatoms. The summed E-state index contributed by atoms with van der Waals surface area (Å²) in [4.78, 5) is 0. The van der Waals surface area contributed by atoms with Gasteiger partial charge in [-0.15, -0.1) is 0 Å². The zero-order valence-electron chi connectivity index (χ0n) is 11.4. The van der Waals surface area contributed by atoms with Crippen molar-refractivity contribution in [1.82, 2.24) is 5.32 Å². The van der Waals surface area contributed by atoms with Crippen LogP contribution in [0.2, 0.25) is 0 Å². The standard InChI is InChI=1S/C13H27NOS/c1-10(2)12(7-15-5)14-11-6-13(3,4)9-16-8-11/h10-12,14H,6-9H2,1-5H3. The monoisotopic (exact) mass is 245 g/mol. The fourth-order valence-corrected chi connectivity index (χ4v) is 3.57. The van der Waals surface area contributed by atoms with E-state index in [1.807, 2.05) is 0 Å². The number of hydrogen-bond donors (Lipinski definition) is 1. The minimum absolute atomic E-state index is 0.481. The Hall–Kier alpha value is 0.270. The van der Waals surface area contributed by atoms with E-state index in [0.717, 1.165) is 6.61 Å². The molecule has 0 spiro atoms. The predicted octanol–water partition coefficient (Wildman–Crippen LogP) is 2.78. The van der Waals surface area contributed by atoms with Gasteiger partial charge in [0.2, 0.25) is 0 Å². The van der Waals surface area contributed by atoms with Crippen LogP contribution in [-0.4, -0.2) is 37.3 Å². The first-order valence-corrected chi connectivity index (χ1v) is 7.43. The van der Waals surface area contributed by atoms with Gasteiger partial charge in [-0.25, -0.2) is 0 Å². The second-order valence-corrected chi connectivity index (χ2v) is 7.08. The van der Waals surface area contributed by atoms with Crippen molar-refractivity contribution in [2.24, 2.45) is 11.3 Å². The van der Waals surface area contributed by atoms with Gasteiger partial charge in [0.15, 0.2) is 0 Å². The maximum Gasteiger partial charge on any atom is 0.0618 e. The Morgan fingerprint density at radius 3 is 2.62 bits per heavy atom. The van der Waals surface area contributed by atoms with Gasteiger partial charge in [-0.05, 0) is 23.5 Å². The molecule has 1 saturated heterocycles. The quantitative estimate of drug-likeness (QED) is 0.805. The maximum absolute atomic E-state index is 5.29. The third kappa shape index (κ3) is 4.64. The van der Waals surface area contributed by atoms with Crippen molar-refractivity contribution >= 4 is 11.8 Å². The molecule has 0 saturated carbocycles. The van der Waals surface area contributed by atoms with Crippen molar-refractivity contribution in [2.75, 3.05) is 25.2 Å². The molecular weight excluding hydrogens is 218 g/mol. The van der Waals surface area contributed by atoms with Crippen LogP contribution in [0.4, 0.5) is 0 Å². The first-order chi connectivity index (χ1) is 7.44. The van der Waals surface area contributed by atoms with Crippen molar-refractivity contribution in [3.05, 3.63) is 0 Å². The number of thioether (sulfide) groups is 1. The van der Waals surface area contributed by atoms with Crippen molar-refractivity contribution in [1.29, 1.82) is 0 Å². The summed E-state index contributed by atoms with van der Waals surface area (Å²) >= 11 is 2.08. The van der Waals surface area contributed by atoms with E-state index in [0.29, 0.717) is 23.4 Å². The Kier molecular flexibility index (Phi) is 5.62. The predicted molar refractivity (Wildman–Crippen MR) is 73.1 cm³/mol. The highest BCUT2D eigenvalue weighted by atomic mass is 32.2. The molecular formula is C13H27NOS. The summed E-state index contributed by atoms with van der Waals surface area (Å²) in [7, 11) is 1.79. The third-order valence-electron chi connectivity index (χ3n) is 3.21. The Morgan fingerprint density at radius 1 is 1.44 bits per heavy atom. The highest BCUT2D eigenvalue weighted by Crippen LogP contribution is 2.33. The Balaban J connectivity index is 2.44. The molecule has 0 amide bonds. The summed E-state index contributed by atoms with van der Waals surface area (Å²) in [5.41, 5.74) is 0.481. The first kappa shape index (κ1) is 14.3. The Morgan fingerprint density at radius 2 is 2.12 bits per heavy atom. The summed E-state index contributed by atoms with van der Waals surface area (Å²) in [6.45, 7) is 10.1. The average Bonchev–Trinajstić information content (AvgIpc) is 2.15. The summed E-state index contributed by atoms with van der Waals surface area (Å²) in [5, 5.41) is 3.77. The highest BCUT2D eigenvalue weighted by molar-refractivity contribution is 7.99. The van der Waals surface area contributed by atoms with E-state index in [9.17, 15) is 0 Å². The summed E-state index contributed by atoms with van der Waals surface area (Å²) in [5.74, 6) is 3.17. The molecule has 1 N–H and O–H groups in total. The van der Waals surface area contributed by atoms with Crippen LogP contribution in [0.3, 0.4) is 0 Å². The van der Waals surface area contributed by atoms with Gasteiger partial charge >= 0.3 is 0 Å². The minimum Gasteiger partial charge on any atom is -0.383 e. The van der Waals surface area contributed by atoms with Gasteiger partial charge in [-0.3, -0.25) is 0 Å². The molecule has 0 aliphatic carbocycles. The van der Waals surface area contributed by atoms with Crippen LogP contribution >= 0.6 is 11.8 Å². The molecule has 96 valence electrons. The summed E-state index contributed by atoms with van der Waals surface area (Å²) < 4.78 is 5.29. The van der Waals surface area contributed by atoms with E-state index >= 15 is 0 Å². The number of methoxy groups -OCH3 is 1. The van der Waals surface area contributed by atoms with E-state index in [-0.39, 0.29) is 0 Å². The fraction of sp³-hybridized carbons (Fsp3) is 1.00. The first-order valence-electron chi connectivity index (χ1n) is 6.27. The molecule has 0 aromatic carbocycles. The van der Waals surface area contributed by atoms with Crippen LogP contribution in [0.1, 0.15) is 34.1 Å². The van der Waals surface area contributed by atoms with Gasteiger partial charge in [0.1, 0.15) is 0 Å².